The van der Waals surface area contributed by atoms with E-state index in [4.69, 9.17) is 4.55 Å². The summed E-state index contributed by atoms with van der Waals surface area (Å²) in [7, 11) is -3.66. The molecule has 0 spiro atoms. The Morgan fingerprint density at radius 2 is 2.18 bits per heavy atom. The van der Waals surface area contributed by atoms with E-state index < -0.39 is 10.1 Å². The van der Waals surface area contributed by atoms with Crippen LogP contribution in [0.25, 0.3) is 0 Å². The van der Waals surface area contributed by atoms with Crippen LogP contribution in [-0.2, 0) is 10.1 Å². The average molecular weight is 179 g/mol. The number of H-pyrrole nitrogens is 1. The summed E-state index contributed by atoms with van der Waals surface area (Å²) in [6.45, 7) is 1.37. The third-order valence-corrected chi connectivity index (χ3v) is 1.43. The Labute approximate surface area is 64.4 Å². The van der Waals surface area contributed by atoms with Crippen molar-refractivity contribution < 1.29 is 13.0 Å². The van der Waals surface area contributed by atoms with Crippen molar-refractivity contribution >= 4 is 10.1 Å². The molecule has 1 aromatic heterocycles. The Morgan fingerprint density at radius 1 is 1.64 bits per heavy atom. The lowest BCUT2D eigenvalue weighted by molar-refractivity contribution is 0.484. The fourth-order valence-electron chi connectivity index (χ4n) is 0.167. The van der Waals surface area contributed by atoms with Crippen molar-refractivity contribution in [2.75, 3.05) is 5.75 Å². The number of aromatic amines is 1. The van der Waals surface area contributed by atoms with Gasteiger partial charge in [0.05, 0.1) is 11.9 Å². The SMILES string of the molecule is CCS(=O)(=O)O.c1c[nH]nn1. The molecular formula is C4H9N3O3S. The molecule has 0 saturated carbocycles. The third kappa shape index (κ3) is 9.05. The molecular weight excluding hydrogens is 170 g/mol. The fraction of sp³-hybridized carbons (Fsp3) is 0.500. The quantitative estimate of drug-likeness (QED) is 0.577. The van der Waals surface area contributed by atoms with Gasteiger partial charge < -0.3 is 0 Å². The van der Waals surface area contributed by atoms with Crippen molar-refractivity contribution in [3.05, 3.63) is 12.4 Å². The zero-order valence-corrected chi connectivity index (χ0v) is 6.74. The van der Waals surface area contributed by atoms with Crippen LogP contribution >= 0.6 is 0 Å². The number of aromatic nitrogens is 3. The molecule has 64 valence electrons. The first kappa shape index (κ1) is 10.0. The highest BCUT2D eigenvalue weighted by Crippen LogP contribution is 1.74. The van der Waals surface area contributed by atoms with Crippen LogP contribution in [0.2, 0.25) is 0 Å². The highest BCUT2D eigenvalue weighted by molar-refractivity contribution is 7.85. The van der Waals surface area contributed by atoms with E-state index in [9.17, 15) is 8.42 Å². The molecule has 6 nitrogen and oxygen atoms in total. The van der Waals surface area contributed by atoms with E-state index in [0.29, 0.717) is 0 Å². The topological polar surface area (TPSA) is 95.9 Å². The maximum absolute atomic E-state index is 9.56. The number of hydrogen-bond acceptors (Lipinski definition) is 4. The van der Waals surface area contributed by atoms with Gasteiger partial charge in [-0.2, -0.15) is 8.42 Å². The molecule has 0 radical (unpaired) electrons. The summed E-state index contributed by atoms with van der Waals surface area (Å²) in [6.07, 6.45) is 3.24. The molecule has 1 heterocycles. The lowest BCUT2D eigenvalue weighted by Gasteiger charge is -1.79. The summed E-state index contributed by atoms with van der Waals surface area (Å²) in [6, 6.07) is 0. The smallest absolute Gasteiger partial charge is 0.264 e. The molecule has 0 fully saturated rings. The highest BCUT2D eigenvalue weighted by Gasteiger charge is 1.93. The predicted molar refractivity (Wildman–Crippen MR) is 38.5 cm³/mol. The van der Waals surface area contributed by atoms with Crippen molar-refractivity contribution in [1.82, 2.24) is 15.4 Å². The van der Waals surface area contributed by atoms with Crippen molar-refractivity contribution in [1.29, 1.82) is 0 Å². The largest absolute Gasteiger partial charge is 0.286 e. The van der Waals surface area contributed by atoms with Gasteiger partial charge in [0, 0.05) is 6.20 Å². The molecule has 0 amide bonds. The van der Waals surface area contributed by atoms with Crippen molar-refractivity contribution in [2.45, 2.75) is 6.92 Å². The van der Waals surface area contributed by atoms with Crippen LogP contribution in [0.4, 0.5) is 0 Å². The Hall–Kier alpha value is -0.950. The fourth-order valence-corrected chi connectivity index (χ4v) is 0.167. The maximum atomic E-state index is 9.56. The number of hydrogen-bond donors (Lipinski definition) is 2. The van der Waals surface area contributed by atoms with Gasteiger partial charge in [-0.05, 0) is 6.92 Å². The number of nitrogens with zero attached hydrogens (tertiary/aromatic N) is 2. The molecule has 0 saturated heterocycles. The summed E-state index contributed by atoms with van der Waals surface area (Å²) in [5.41, 5.74) is 0. The minimum atomic E-state index is -3.66. The Kier molecular flexibility index (Phi) is 4.39. The molecule has 11 heavy (non-hydrogen) atoms. The Balaban J connectivity index is 0.000000183. The zero-order chi connectivity index (χ0) is 8.74. The van der Waals surface area contributed by atoms with Crippen molar-refractivity contribution in [3.8, 4) is 0 Å². The van der Waals surface area contributed by atoms with Crippen LogP contribution < -0.4 is 0 Å². The minimum absolute atomic E-state index is 0.201. The summed E-state index contributed by atoms with van der Waals surface area (Å²) in [5.74, 6) is -0.201. The molecule has 0 aliphatic carbocycles. The molecule has 1 rings (SSSR count). The zero-order valence-electron chi connectivity index (χ0n) is 5.93. The second kappa shape index (κ2) is 4.80. The van der Waals surface area contributed by atoms with E-state index in [-0.39, 0.29) is 5.75 Å². The van der Waals surface area contributed by atoms with Crippen LogP contribution in [-0.4, -0.2) is 34.1 Å². The molecule has 1 aromatic rings. The van der Waals surface area contributed by atoms with Crippen LogP contribution in [0.3, 0.4) is 0 Å². The lowest BCUT2D eigenvalue weighted by atomic mass is 11.0. The first-order chi connectivity index (χ1) is 5.06. The van der Waals surface area contributed by atoms with E-state index >= 15 is 0 Å². The van der Waals surface area contributed by atoms with E-state index in [0.717, 1.165) is 0 Å². The summed E-state index contributed by atoms with van der Waals surface area (Å²) < 4.78 is 26.9. The van der Waals surface area contributed by atoms with Gasteiger partial charge in [0.1, 0.15) is 0 Å². The van der Waals surface area contributed by atoms with Gasteiger partial charge in [0.2, 0.25) is 0 Å². The Morgan fingerprint density at radius 3 is 2.27 bits per heavy atom. The molecule has 7 heteroatoms. The Bertz CT molecular complexity index is 237. The number of rotatable bonds is 1. The van der Waals surface area contributed by atoms with E-state index in [1.165, 1.54) is 6.92 Å². The first-order valence-corrected chi connectivity index (χ1v) is 4.42. The van der Waals surface area contributed by atoms with E-state index in [1.807, 2.05) is 0 Å². The molecule has 0 unspecified atom stereocenters. The van der Waals surface area contributed by atoms with Crippen LogP contribution in [0.15, 0.2) is 12.4 Å². The summed E-state index contributed by atoms with van der Waals surface area (Å²) >= 11 is 0. The van der Waals surface area contributed by atoms with E-state index in [1.54, 1.807) is 12.4 Å². The third-order valence-electron chi connectivity index (χ3n) is 0.696. The maximum Gasteiger partial charge on any atom is 0.264 e. The predicted octanol–water partition coefficient (Wildman–Crippen LogP) is -0.301. The van der Waals surface area contributed by atoms with Gasteiger partial charge in [0.25, 0.3) is 10.1 Å². The van der Waals surface area contributed by atoms with Gasteiger partial charge in [-0.25, -0.2) is 0 Å². The second-order valence-electron chi connectivity index (χ2n) is 1.53. The molecule has 0 atom stereocenters. The summed E-state index contributed by atoms with van der Waals surface area (Å²) in [5, 5.41) is 9.26. The van der Waals surface area contributed by atoms with Crippen molar-refractivity contribution in [3.63, 3.8) is 0 Å². The normalized spacial score (nSPS) is 10.0. The van der Waals surface area contributed by atoms with Crippen LogP contribution in [0.5, 0.6) is 0 Å². The van der Waals surface area contributed by atoms with Crippen LogP contribution in [0.1, 0.15) is 6.92 Å². The average Bonchev–Trinajstić information content (AvgIpc) is 2.41. The first-order valence-electron chi connectivity index (χ1n) is 2.82. The van der Waals surface area contributed by atoms with Gasteiger partial charge in [-0.3, -0.25) is 9.65 Å². The lowest BCUT2D eigenvalue weighted by Crippen LogP contribution is -1.97. The molecule has 0 aromatic carbocycles. The van der Waals surface area contributed by atoms with Gasteiger partial charge in [0.15, 0.2) is 0 Å². The molecule has 2 N–H and O–H groups in total. The van der Waals surface area contributed by atoms with E-state index in [2.05, 4.69) is 15.4 Å². The summed E-state index contributed by atoms with van der Waals surface area (Å²) in [4.78, 5) is 0. The monoisotopic (exact) mass is 179 g/mol. The second-order valence-corrected chi connectivity index (χ2v) is 3.27. The molecule has 0 aliphatic heterocycles. The van der Waals surface area contributed by atoms with Gasteiger partial charge in [-0.15, -0.1) is 5.10 Å². The molecule has 0 aliphatic rings. The molecule has 0 bridgehead atoms. The van der Waals surface area contributed by atoms with Crippen LogP contribution in [0, 0.1) is 0 Å². The van der Waals surface area contributed by atoms with Crippen molar-refractivity contribution in [2.24, 2.45) is 0 Å². The van der Waals surface area contributed by atoms with Gasteiger partial charge in [-0.1, -0.05) is 5.21 Å². The number of nitrogens with one attached hydrogen (secondary N) is 1. The standard InChI is InChI=1S/C2H3N3.C2H6O3S/c1-2-4-5-3-1;1-2-6(3,4)5/h1-2H,(H,3,4,5);2H2,1H3,(H,3,4,5). The minimum Gasteiger partial charge on any atom is -0.286 e. The van der Waals surface area contributed by atoms with Gasteiger partial charge >= 0.3 is 0 Å². The highest BCUT2D eigenvalue weighted by atomic mass is 32.2.